The fourth-order valence-electron chi connectivity index (χ4n) is 4.30. The minimum atomic E-state index is -0.127. The topological polar surface area (TPSA) is 59.1 Å². The highest BCUT2D eigenvalue weighted by Gasteiger charge is 2.29. The number of nitrogens with one attached hydrogen (secondary N) is 1. The molecule has 146 valence electrons. The molecule has 0 spiro atoms. The molecule has 0 radical (unpaired) electrons. The summed E-state index contributed by atoms with van der Waals surface area (Å²) >= 11 is 0. The molecular formula is C27H16N2O2. The average Bonchev–Trinajstić information content (AvgIpc) is 2.82. The van der Waals surface area contributed by atoms with Crippen LogP contribution >= 0.6 is 0 Å². The first-order valence-electron chi connectivity index (χ1n) is 10.1. The second-order valence-electron chi connectivity index (χ2n) is 7.61. The van der Waals surface area contributed by atoms with E-state index in [4.69, 9.17) is 4.98 Å². The van der Waals surface area contributed by atoms with Gasteiger partial charge in [0.05, 0.1) is 16.7 Å². The van der Waals surface area contributed by atoms with E-state index in [1.54, 1.807) is 36.4 Å². The highest BCUT2D eigenvalue weighted by atomic mass is 16.1. The lowest BCUT2D eigenvalue weighted by Gasteiger charge is -2.19. The Labute approximate surface area is 178 Å². The molecule has 0 atom stereocenters. The van der Waals surface area contributed by atoms with Crippen molar-refractivity contribution in [3.63, 3.8) is 0 Å². The maximum Gasteiger partial charge on any atom is 0.194 e. The lowest BCUT2D eigenvalue weighted by molar-refractivity contribution is 0.0979. The minimum Gasteiger partial charge on any atom is -0.354 e. The summed E-state index contributed by atoms with van der Waals surface area (Å²) in [5.74, 6) is -0.241. The predicted octanol–water partition coefficient (Wildman–Crippen LogP) is 5.91. The Morgan fingerprint density at radius 3 is 1.71 bits per heavy atom. The van der Waals surface area contributed by atoms with Crippen molar-refractivity contribution in [1.29, 1.82) is 0 Å². The van der Waals surface area contributed by atoms with Crippen LogP contribution in [-0.2, 0) is 0 Å². The first-order chi connectivity index (χ1) is 15.2. The van der Waals surface area contributed by atoms with Gasteiger partial charge in [0.25, 0.3) is 0 Å². The van der Waals surface area contributed by atoms with Gasteiger partial charge in [-0.15, -0.1) is 0 Å². The number of nitrogens with zero attached hydrogens (tertiary/aromatic N) is 1. The van der Waals surface area contributed by atoms with Crippen LogP contribution in [0.25, 0.3) is 21.8 Å². The number of pyridine rings is 1. The van der Waals surface area contributed by atoms with Crippen LogP contribution in [0.3, 0.4) is 0 Å². The van der Waals surface area contributed by atoms with E-state index >= 15 is 0 Å². The van der Waals surface area contributed by atoms with Gasteiger partial charge in [0.15, 0.2) is 11.6 Å². The molecule has 1 aromatic heterocycles. The van der Waals surface area contributed by atoms with Gasteiger partial charge in [-0.1, -0.05) is 60.7 Å². The van der Waals surface area contributed by atoms with E-state index in [1.807, 2.05) is 54.6 Å². The summed E-state index contributed by atoms with van der Waals surface area (Å²) in [6, 6.07) is 28.3. The molecule has 4 heteroatoms. The number of carbonyl (C=O) groups is 2. The molecule has 0 bridgehead atoms. The summed E-state index contributed by atoms with van der Waals surface area (Å²) in [6.07, 6.45) is 0. The Bertz CT molecular complexity index is 1500. The molecular weight excluding hydrogens is 384 g/mol. The van der Waals surface area contributed by atoms with Gasteiger partial charge in [-0.2, -0.15) is 0 Å². The molecule has 0 amide bonds. The first-order valence-corrected chi connectivity index (χ1v) is 10.1. The van der Waals surface area contributed by atoms with E-state index in [1.165, 1.54) is 0 Å². The molecule has 0 aliphatic heterocycles. The van der Waals surface area contributed by atoms with E-state index in [2.05, 4.69) is 5.32 Å². The Hall–Kier alpha value is -4.31. The molecule has 0 unspecified atom stereocenters. The highest BCUT2D eigenvalue weighted by Crippen LogP contribution is 2.35. The number of carbonyl (C=O) groups excluding carboxylic acids is 2. The number of rotatable bonds is 2. The average molecular weight is 400 g/mol. The summed E-state index contributed by atoms with van der Waals surface area (Å²) in [4.78, 5) is 30.7. The molecule has 4 nitrogen and oxygen atoms in total. The molecule has 0 fully saturated rings. The summed E-state index contributed by atoms with van der Waals surface area (Å²) in [5, 5.41) is 5.48. The SMILES string of the molecule is O=C1c2ccccc2C(=O)c2cc(Nc3c4ccccc4nc4ccccc34)ccc21. The van der Waals surface area contributed by atoms with Crippen molar-refractivity contribution in [2.75, 3.05) is 5.32 Å². The molecule has 1 aliphatic carbocycles. The Morgan fingerprint density at radius 2 is 1.06 bits per heavy atom. The van der Waals surface area contributed by atoms with Crippen molar-refractivity contribution in [3.05, 3.63) is 113 Å². The molecule has 1 N–H and O–H groups in total. The van der Waals surface area contributed by atoms with Gasteiger partial charge in [-0.25, -0.2) is 4.98 Å². The number of anilines is 2. The van der Waals surface area contributed by atoms with Gasteiger partial charge in [-0.3, -0.25) is 9.59 Å². The van der Waals surface area contributed by atoms with E-state index in [0.29, 0.717) is 22.3 Å². The Kier molecular flexibility index (Phi) is 3.74. The third-order valence-corrected chi connectivity index (χ3v) is 5.78. The number of fused-ring (bicyclic) bond motifs is 4. The number of hydrogen-bond acceptors (Lipinski definition) is 4. The van der Waals surface area contributed by atoms with Crippen LogP contribution in [0.1, 0.15) is 31.8 Å². The van der Waals surface area contributed by atoms with Gasteiger partial charge < -0.3 is 5.32 Å². The van der Waals surface area contributed by atoms with E-state index in [0.717, 1.165) is 33.2 Å². The maximum atomic E-state index is 13.1. The van der Waals surface area contributed by atoms with E-state index in [9.17, 15) is 9.59 Å². The molecule has 6 rings (SSSR count). The third-order valence-electron chi connectivity index (χ3n) is 5.78. The second kappa shape index (κ2) is 6.61. The van der Waals surface area contributed by atoms with Crippen molar-refractivity contribution >= 4 is 44.7 Å². The third kappa shape index (κ3) is 2.66. The number of ketones is 2. The predicted molar refractivity (Wildman–Crippen MR) is 122 cm³/mol. The monoisotopic (exact) mass is 400 g/mol. The van der Waals surface area contributed by atoms with Gasteiger partial charge >= 0.3 is 0 Å². The summed E-state index contributed by atoms with van der Waals surface area (Å²) in [6.45, 7) is 0. The zero-order valence-electron chi connectivity index (χ0n) is 16.4. The molecule has 5 aromatic rings. The van der Waals surface area contributed by atoms with Crippen LogP contribution in [0, 0.1) is 0 Å². The minimum absolute atomic E-state index is 0.114. The number of aromatic nitrogens is 1. The zero-order chi connectivity index (χ0) is 20.9. The van der Waals surface area contributed by atoms with Gasteiger partial charge in [0.1, 0.15) is 0 Å². The molecule has 31 heavy (non-hydrogen) atoms. The summed E-state index contributed by atoms with van der Waals surface area (Å²) < 4.78 is 0. The van der Waals surface area contributed by atoms with Crippen LogP contribution in [0.2, 0.25) is 0 Å². The number of hydrogen-bond donors (Lipinski definition) is 1. The van der Waals surface area contributed by atoms with Gasteiger partial charge in [0, 0.05) is 38.7 Å². The van der Waals surface area contributed by atoms with Crippen molar-refractivity contribution in [3.8, 4) is 0 Å². The number of para-hydroxylation sites is 2. The highest BCUT2D eigenvalue weighted by molar-refractivity contribution is 6.28. The quantitative estimate of drug-likeness (QED) is 0.367. The van der Waals surface area contributed by atoms with Crippen LogP contribution in [-0.4, -0.2) is 16.6 Å². The molecule has 0 saturated heterocycles. The van der Waals surface area contributed by atoms with Crippen LogP contribution in [0.5, 0.6) is 0 Å². The van der Waals surface area contributed by atoms with Crippen LogP contribution in [0.15, 0.2) is 91.0 Å². The van der Waals surface area contributed by atoms with Gasteiger partial charge in [0.2, 0.25) is 0 Å². The van der Waals surface area contributed by atoms with E-state index in [-0.39, 0.29) is 11.6 Å². The molecule has 1 heterocycles. The van der Waals surface area contributed by atoms with Gasteiger partial charge in [-0.05, 0) is 30.3 Å². The maximum absolute atomic E-state index is 13.1. The summed E-state index contributed by atoms with van der Waals surface area (Å²) in [5.41, 5.74) is 5.25. The number of benzene rings is 4. The lowest BCUT2D eigenvalue weighted by atomic mass is 9.84. The summed E-state index contributed by atoms with van der Waals surface area (Å²) in [7, 11) is 0. The zero-order valence-corrected chi connectivity index (χ0v) is 16.4. The Morgan fingerprint density at radius 1 is 0.548 bits per heavy atom. The second-order valence-corrected chi connectivity index (χ2v) is 7.61. The van der Waals surface area contributed by atoms with E-state index < -0.39 is 0 Å². The fourth-order valence-corrected chi connectivity index (χ4v) is 4.30. The van der Waals surface area contributed by atoms with Crippen LogP contribution in [0.4, 0.5) is 11.4 Å². The molecule has 1 aliphatic rings. The lowest BCUT2D eigenvalue weighted by Crippen LogP contribution is -2.20. The molecule has 4 aromatic carbocycles. The van der Waals surface area contributed by atoms with Crippen molar-refractivity contribution < 1.29 is 9.59 Å². The fraction of sp³-hybridized carbons (Fsp3) is 0. The normalized spacial score (nSPS) is 12.6. The Balaban J connectivity index is 1.51. The first kappa shape index (κ1) is 17.5. The largest absolute Gasteiger partial charge is 0.354 e. The smallest absolute Gasteiger partial charge is 0.194 e. The van der Waals surface area contributed by atoms with Crippen molar-refractivity contribution in [2.45, 2.75) is 0 Å². The van der Waals surface area contributed by atoms with Crippen LogP contribution < -0.4 is 5.32 Å². The molecule has 0 saturated carbocycles. The van der Waals surface area contributed by atoms with Crippen molar-refractivity contribution in [1.82, 2.24) is 4.98 Å². The standard InChI is InChI=1S/C27H16N2O2/c30-26-17-7-1-2-8-18(17)27(31)22-15-16(13-14-19(22)26)28-25-20-9-3-5-11-23(20)29-24-12-6-4-10-21(24)25/h1-15H,(H,28,29). The van der Waals surface area contributed by atoms with Crippen molar-refractivity contribution in [2.24, 2.45) is 0 Å².